The monoisotopic (exact) mass is 1750 g/mol. The summed E-state index contributed by atoms with van der Waals surface area (Å²) in [5, 5.41) is 63.2. The highest BCUT2D eigenvalue weighted by Gasteiger charge is 2.21. The Bertz CT molecular complexity index is 5080. The zero-order valence-electron chi connectivity index (χ0n) is 68.9. The predicted molar refractivity (Wildman–Crippen MR) is 461 cm³/mol. The number of rotatable bonds is 25. The highest BCUT2D eigenvalue weighted by molar-refractivity contribution is 7.99. The molecule has 0 amide bonds. The van der Waals surface area contributed by atoms with Crippen molar-refractivity contribution in [2.75, 3.05) is 89.7 Å². The van der Waals surface area contributed by atoms with Gasteiger partial charge in [0.1, 0.15) is 74.2 Å². The van der Waals surface area contributed by atoms with Crippen LogP contribution in [-0.2, 0) is 69.7 Å². The third-order valence-corrected chi connectivity index (χ3v) is 18.7. The smallest absolute Gasteiger partial charge is 0.343 e. The predicted octanol–water partition coefficient (Wildman–Crippen LogP) is 11.4. The summed E-state index contributed by atoms with van der Waals surface area (Å²) in [6, 6.07) is 11.3. The lowest BCUT2D eigenvalue weighted by Gasteiger charge is -2.10. The number of aromatic nitrogens is 24. The van der Waals surface area contributed by atoms with E-state index in [0.29, 0.717) is 113 Å². The number of aliphatic hydroxyl groups is 2. The summed E-state index contributed by atoms with van der Waals surface area (Å²) in [7, 11) is 11.0. The fraction of sp³-hybridized carbons (Fsp3) is 0.361. The Hall–Kier alpha value is -11.1. The number of hydrogen-bond donors (Lipinski definition) is 8. The Morgan fingerprint density at radius 3 is 0.898 bits per heavy atom. The summed E-state index contributed by atoms with van der Waals surface area (Å²) >= 11 is 14.3. The van der Waals surface area contributed by atoms with Gasteiger partial charge in [-0.2, -0.15) is 30.6 Å². The van der Waals surface area contributed by atoms with Gasteiger partial charge in [0, 0.05) is 127 Å². The first kappa shape index (κ1) is 95.8. The summed E-state index contributed by atoms with van der Waals surface area (Å²) in [5.74, 6) is 5.76. The molecule has 39 nitrogen and oxygen atoms in total. The third-order valence-electron chi connectivity index (χ3n) is 15.1. The molecule has 12 aromatic rings. The van der Waals surface area contributed by atoms with Gasteiger partial charge in [-0.3, -0.25) is 32.9 Å². The van der Waals surface area contributed by atoms with E-state index in [-0.39, 0.29) is 23.9 Å². The summed E-state index contributed by atoms with van der Waals surface area (Å²) < 4.78 is 25.0. The number of nitrogen functional groups attached to an aromatic ring is 1. The minimum Gasteiger partial charge on any atom is -0.462 e. The normalized spacial score (nSPS) is 10.4. The van der Waals surface area contributed by atoms with Crippen molar-refractivity contribution in [3.05, 3.63) is 146 Å². The van der Waals surface area contributed by atoms with Crippen LogP contribution in [0, 0.1) is 41.5 Å². The van der Waals surface area contributed by atoms with Crippen LogP contribution in [0.4, 0.5) is 64.0 Å². The van der Waals surface area contributed by atoms with Gasteiger partial charge >= 0.3 is 17.9 Å². The van der Waals surface area contributed by atoms with E-state index in [1.165, 1.54) is 95.4 Å². The molecule has 12 aromatic heterocycles. The Labute approximate surface area is 712 Å². The lowest BCUT2D eigenvalue weighted by atomic mass is 10.3. The highest BCUT2D eigenvalue weighted by Crippen LogP contribution is 2.28. The van der Waals surface area contributed by atoms with Gasteiger partial charge in [-0.25, -0.2) is 74.2 Å². The average molecular weight is 1750 g/mol. The molecule has 12 rings (SSSR count). The molecule has 0 saturated carbocycles. The number of carbonyl (C=O) groups is 4. The topological polar surface area (TPSA) is 484 Å². The maximum absolute atomic E-state index is 12.0. The highest BCUT2D eigenvalue weighted by atomic mass is 35.5. The summed E-state index contributed by atoms with van der Waals surface area (Å²) in [6.45, 7) is 17.4. The Balaban J connectivity index is 0.000000216. The number of thioether (sulfide) groups is 6. The Morgan fingerprint density at radius 1 is 0.390 bits per heavy atom. The number of aliphatic hydroxyl groups excluding tert-OH is 2. The van der Waals surface area contributed by atoms with Crippen molar-refractivity contribution in [1.82, 2.24) is 118 Å². The molecule has 0 unspecified atom stereocenters. The first-order chi connectivity index (χ1) is 56.4. The fourth-order valence-electron chi connectivity index (χ4n) is 9.59. The first-order valence-electron chi connectivity index (χ1n) is 35.3. The van der Waals surface area contributed by atoms with Crippen LogP contribution in [0.15, 0.2) is 105 Å². The van der Waals surface area contributed by atoms with Gasteiger partial charge in [-0.05, 0) is 99.8 Å². The number of aldehydes is 1. The van der Waals surface area contributed by atoms with E-state index in [1.807, 2.05) is 158 Å². The zero-order valence-corrected chi connectivity index (χ0v) is 74.6. The summed E-state index contributed by atoms with van der Waals surface area (Å²) in [5.41, 5.74) is 13.4. The largest absolute Gasteiger partial charge is 0.462 e. The Morgan fingerprint density at radius 2 is 0.644 bits per heavy atom. The minimum absolute atomic E-state index is 0.103. The molecule has 0 spiro atoms. The van der Waals surface area contributed by atoms with Gasteiger partial charge in [0.25, 0.3) is 0 Å². The van der Waals surface area contributed by atoms with E-state index in [0.717, 1.165) is 69.5 Å². The SMILES string of the molecule is CCOC(=O)c1cnc(SC)nc1Cl.CCOC(=O)c1cnc(SC)nc1Nc1cc(C)nn1C.CCOC(=O)c1cnc(SC)nc1Nc1cc(C)nn1C.CSc1ncc(C=O)c(Nc2cc(C)nn2C)n1.CSc1ncc(CO)c(Nc2cc(C)nn2C)n1.CSc1ncc(CO)c(Nc2cc(C)nn2C)n1.Cc1cc(N)n(C)n1. The molecule has 0 aromatic carbocycles. The molecule has 46 heteroatoms. The van der Waals surface area contributed by atoms with Crippen LogP contribution in [0.5, 0.6) is 0 Å². The van der Waals surface area contributed by atoms with Crippen molar-refractivity contribution >= 4 is 170 Å². The van der Waals surface area contributed by atoms with Crippen LogP contribution >= 0.6 is 82.2 Å². The lowest BCUT2D eigenvalue weighted by molar-refractivity contribution is 0.0516. The first-order valence-corrected chi connectivity index (χ1v) is 43.0. The van der Waals surface area contributed by atoms with E-state index in [4.69, 9.17) is 31.5 Å². The molecule has 0 fully saturated rings. The fourth-order valence-corrected chi connectivity index (χ4v) is 11.9. The van der Waals surface area contributed by atoms with Gasteiger partial charge in [0.2, 0.25) is 0 Å². The number of esters is 3. The minimum atomic E-state index is -0.495. The van der Waals surface area contributed by atoms with Crippen LogP contribution < -0.4 is 32.3 Å². The van der Waals surface area contributed by atoms with Crippen LogP contribution in [0.1, 0.15) is 107 Å². The molecule has 630 valence electrons. The van der Waals surface area contributed by atoms with E-state index < -0.39 is 17.9 Å². The molecule has 0 atom stereocenters. The number of nitrogens with one attached hydrogen (secondary N) is 5. The van der Waals surface area contributed by atoms with Gasteiger partial charge in [0.15, 0.2) is 48.9 Å². The van der Waals surface area contributed by atoms with Crippen LogP contribution in [0.3, 0.4) is 0 Å². The second-order valence-corrected chi connectivity index (χ2v) is 28.9. The summed E-state index contributed by atoms with van der Waals surface area (Å²) in [4.78, 5) is 96.2. The van der Waals surface area contributed by atoms with Crippen molar-refractivity contribution in [3.8, 4) is 0 Å². The molecular weight excluding hydrogens is 1660 g/mol. The number of nitrogens with zero attached hydrogens (tertiary/aromatic N) is 24. The molecule has 0 aliphatic heterocycles. The van der Waals surface area contributed by atoms with E-state index in [2.05, 4.69) is 117 Å². The standard InChI is InChI=1S/2C13H17N5O2S.2C11H15N5OS.C11H13N5OS.C8H9ClN2O2S.C5H9N3/c2*1-5-20-12(19)9-7-14-13(21-4)16-11(9)15-10-6-8(2)17-18(10)3;3*1-7-4-9(16(2)15-7)13-10-8(6-17)5-12-11(14-10)18-3;1-3-13-7(12)5-4-10-8(14-2)11-6(5)9;1-4-3-5(6)8(2)7-4/h2*6-7H,5H2,1-4H3,(H,14,15,16);2*4-5,17H,6H2,1-3H3,(H,12,13,14);4-6H,1-3H3,(H,12,13,14);4H,3H2,1-2H3;3H,6H2,1-2H3. The van der Waals surface area contributed by atoms with Crippen LogP contribution in [-0.4, -0.2) is 210 Å². The Kier molecular flexibility index (Phi) is 38.9. The van der Waals surface area contributed by atoms with E-state index in [9.17, 15) is 29.4 Å². The maximum atomic E-state index is 12.0. The van der Waals surface area contributed by atoms with Crippen molar-refractivity contribution in [2.24, 2.45) is 42.3 Å². The second-order valence-electron chi connectivity index (χ2n) is 23.9. The van der Waals surface area contributed by atoms with E-state index >= 15 is 0 Å². The molecule has 9 N–H and O–H groups in total. The lowest BCUT2D eigenvalue weighted by Crippen LogP contribution is -2.11. The van der Waals surface area contributed by atoms with E-state index in [1.54, 1.807) is 61.3 Å². The number of ether oxygens (including phenoxy) is 3. The number of hydrogen-bond acceptors (Lipinski definition) is 39. The molecule has 0 aliphatic rings. The quantitative estimate of drug-likeness (QED) is 0.00658. The maximum Gasteiger partial charge on any atom is 0.343 e. The van der Waals surface area contributed by atoms with Gasteiger partial charge in [-0.1, -0.05) is 82.2 Å². The van der Waals surface area contributed by atoms with Crippen molar-refractivity contribution < 1.29 is 43.6 Å². The van der Waals surface area contributed by atoms with Crippen LogP contribution in [0.25, 0.3) is 0 Å². The van der Waals surface area contributed by atoms with Gasteiger partial charge in [-0.15, -0.1) is 0 Å². The van der Waals surface area contributed by atoms with Crippen molar-refractivity contribution in [1.29, 1.82) is 0 Å². The average Bonchev–Trinajstić information content (AvgIpc) is 1.40. The molecule has 0 radical (unpaired) electrons. The molecule has 12 heterocycles. The molecule has 0 aliphatic carbocycles. The summed E-state index contributed by atoms with van der Waals surface area (Å²) in [6.07, 6.45) is 21.1. The van der Waals surface area contributed by atoms with Crippen molar-refractivity contribution in [2.45, 2.75) is 106 Å². The van der Waals surface area contributed by atoms with Gasteiger partial charge in [0.05, 0.1) is 72.8 Å². The molecule has 118 heavy (non-hydrogen) atoms. The second kappa shape index (κ2) is 48.0. The zero-order chi connectivity index (χ0) is 86.9. The molecular formula is C72H95ClN30O9S6. The molecule has 0 saturated heterocycles. The third kappa shape index (κ3) is 28.9. The number of halogens is 1. The van der Waals surface area contributed by atoms with Crippen molar-refractivity contribution in [3.63, 3.8) is 0 Å². The number of aryl methyl sites for hydroxylation is 12. The number of anilines is 11. The number of nitrogens with two attached hydrogens (primary N) is 1. The molecule has 0 bridgehead atoms. The van der Waals surface area contributed by atoms with Crippen LogP contribution in [0.2, 0.25) is 5.15 Å². The number of carbonyl (C=O) groups excluding carboxylic acids is 4. The van der Waals surface area contributed by atoms with Gasteiger partial charge < -0.3 is 56.7 Å².